The van der Waals surface area contributed by atoms with Gasteiger partial charge in [-0.05, 0) is 48.6 Å². The molecule has 180 valence electrons. The summed E-state index contributed by atoms with van der Waals surface area (Å²) in [6.07, 6.45) is 2.42. The lowest BCUT2D eigenvalue weighted by molar-refractivity contribution is -0.133. The van der Waals surface area contributed by atoms with Crippen LogP contribution >= 0.6 is 0 Å². The van der Waals surface area contributed by atoms with E-state index in [1.165, 1.54) is 10.5 Å². The number of likely N-dealkylation sites (tertiary alicyclic amines) is 1. The molecule has 2 unspecified atom stereocenters. The van der Waals surface area contributed by atoms with Gasteiger partial charge in [-0.2, -0.15) is 0 Å². The Kier molecular flexibility index (Phi) is 6.55. The van der Waals surface area contributed by atoms with Crippen LogP contribution in [0.25, 0.3) is 0 Å². The first-order valence-electron chi connectivity index (χ1n) is 12.3. The third-order valence-electron chi connectivity index (χ3n) is 7.02. The second kappa shape index (κ2) is 9.92. The number of hydrogen-bond donors (Lipinski definition) is 1. The molecule has 2 aliphatic heterocycles. The highest BCUT2D eigenvalue weighted by Crippen LogP contribution is 2.36. The summed E-state index contributed by atoms with van der Waals surface area (Å²) in [7, 11) is 0. The molecule has 6 nitrogen and oxygen atoms in total. The number of rotatable bonds is 8. The molecule has 6 heteroatoms. The van der Waals surface area contributed by atoms with E-state index >= 15 is 0 Å². The van der Waals surface area contributed by atoms with E-state index in [0.717, 1.165) is 36.3 Å². The molecule has 3 amide bonds. The van der Waals surface area contributed by atoms with Crippen LogP contribution in [0.2, 0.25) is 0 Å². The van der Waals surface area contributed by atoms with Crippen molar-refractivity contribution in [1.29, 1.82) is 0 Å². The number of ether oxygens (including phenoxy) is 1. The third-order valence-corrected chi connectivity index (χ3v) is 7.02. The van der Waals surface area contributed by atoms with E-state index in [4.69, 9.17) is 4.74 Å². The first-order chi connectivity index (χ1) is 17.1. The lowest BCUT2D eigenvalue weighted by Gasteiger charge is -2.30. The molecule has 2 aliphatic rings. The quantitative estimate of drug-likeness (QED) is 0.478. The Labute approximate surface area is 206 Å². The van der Waals surface area contributed by atoms with Crippen LogP contribution in [0.3, 0.4) is 0 Å². The number of carbonyl (C=O) groups excluding carboxylic acids is 2. The fraction of sp³-hybridized carbons (Fsp3) is 0.310. The van der Waals surface area contributed by atoms with E-state index in [0.29, 0.717) is 13.0 Å². The average Bonchev–Trinajstić information content (AvgIpc) is 3.45. The molecular weight excluding hydrogens is 438 g/mol. The van der Waals surface area contributed by atoms with Crippen molar-refractivity contribution in [3.05, 3.63) is 102 Å². The minimum Gasteiger partial charge on any atom is -0.494 e. The summed E-state index contributed by atoms with van der Waals surface area (Å²) in [5.41, 5.74) is 1.86. The molecule has 2 heterocycles. The summed E-state index contributed by atoms with van der Waals surface area (Å²) >= 11 is 0. The van der Waals surface area contributed by atoms with Crippen molar-refractivity contribution in [2.75, 3.05) is 19.8 Å². The van der Waals surface area contributed by atoms with Crippen molar-refractivity contribution >= 4 is 11.9 Å². The minimum atomic E-state index is -1.12. The number of benzene rings is 3. The van der Waals surface area contributed by atoms with Crippen molar-refractivity contribution in [1.82, 2.24) is 15.1 Å². The number of nitrogens with zero attached hydrogens (tertiary/aromatic N) is 2. The highest BCUT2D eigenvalue weighted by molar-refractivity contribution is 6.07. The maximum absolute atomic E-state index is 14.0. The normalized spacial score (nSPS) is 22.4. The molecule has 5 rings (SSSR count). The van der Waals surface area contributed by atoms with E-state index in [9.17, 15) is 9.59 Å². The van der Waals surface area contributed by atoms with Crippen molar-refractivity contribution < 1.29 is 14.3 Å². The molecule has 0 aromatic heterocycles. The molecule has 1 N–H and O–H groups in total. The van der Waals surface area contributed by atoms with Gasteiger partial charge < -0.3 is 10.1 Å². The fourth-order valence-corrected chi connectivity index (χ4v) is 5.30. The number of amides is 3. The van der Waals surface area contributed by atoms with Crippen LogP contribution in [0.15, 0.2) is 84.9 Å². The smallest absolute Gasteiger partial charge is 0.326 e. The van der Waals surface area contributed by atoms with Crippen molar-refractivity contribution in [3.63, 3.8) is 0 Å². The molecule has 2 atom stereocenters. The summed E-state index contributed by atoms with van der Waals surface area (Å²) in [5.74, 6) is 0.651. The molecule has 0 radical (unpaired) electrons. The Hall–Kier alpha value is -3.64. The van der Waals surface area contributed by atoms with Gasteiger partial charge in [0.05, 0.1) is 13.3 Å². The monoisotopic (exact) mass is 469 g/mol. The molecule has 0 spiro atoms. The van der Waals surface area contributed by atoms with E-state index < -0.39 is 5.54 Å². The van der Waals surface area contributed by atoms with Gasteiger partial charge in [-0.15, -0.1) is 0 Å². The summed E-state index contributed by atoms with van der Waals surface area (Å²) in [6, 6.07) is 27.4. The van der Waals surface area contributed by atoms with Crippen LogP contribution in [-0.4, -0.2) is 41.6 Å². The molecule has 3 aromatic carbocycles. The standard InChI is InChI=1S/C29H31N3O3/c1-2-35-25-17-15-23(16-18-25)26-14-9-19-31(26)21-32-27(33)29(30-28(32)34,24-12-7-4-8-13-24)20-22-10-5-3-6-11-22/h3-8,10-13,15-18,26H,2,9,14,19-21H2,1H3,(H,30,34). The van der Waals surface area contributed by atoms with Gasteiger partial charge in [-0.1, -0.05) is 72.8 Å². The molecule has 35 heavy (non-hydrogen) atoms. The van der Waals surface area contributed by atoms with Crippen LogP contribution in [0.5, 0.6) is 5.75 Å². The molecular formula is C29H31N3O3. The Bertz CT molecular complexity index is 1170. The molecule has 0 aliphatic carbocycles. The van der Waals surface area contributed by atoms with Crippen LogP contribution in [0, 0.1) is 0 Å². The second-order valence-electron chi connectivity index (χ2n) is 9.21. The van der Waals surface area contributed by atoms with Crippen molar-refractivity contribution in [3.8, 4) is 5.75 Å². The zero-order valence-electron chi connectivity index (χ0n) is 20.0. The lowest BCUT2D eigenvalue weighted by Crippen LogP contribution is -2.47. The third kappa shape index (κ3) is 4.54. The number of hydrogen-bond acceptors (Lipinski definition) is 4. The molecule has 2 fully saturated rings. The first-order valence-corrected chi connectivity index (χ1v) is 12.3. The Morgan fingerprint density at radius 3 is 2.31 bits per heavy atom. The van der Waals surface area contributed by atoms with Gasteiger partial charge in [-0.25, -0.2) is 9.69 Å². The molecule has 2 saturated heterocycles. The Balaban J connectivity index is 1.40. The maximum atomic E-state index is 14.0. The first kappa shape index (κ1) is 23.1. The van der Waals surface area contributed by atoms with E-state index in [1.807, 2.05) is 79.7 Å². The Morgan fingerprint density at radius 1 is 0.943 bits per heavy atom. The van der Waals surface area contributed by atoms with E-state index in [2.05, 4.69) is 22.3 Å². The topological polar surface area (TPSA) is 61.9 Å². The summed E-state index contributed by atoms with van der Waals surface area (Å²) in [4.78, 5) is 30.9. The zero-order chi connectivity index (χ0) is 24.3. The molecule has 0 saturated carbocycles. The predicted octanol–water partition coefficient (Wildman–Crippen LogP) is 4.87. The minimum absolute atomic E-state index is 0.159. The van der Waals surface area contributed by atoms with Crippen LogP contribution in [0.4, 0.5) is 4.79 Å². The number of urea groups is 1. The van der Waals surface area contributed by atoms with Gasteiger partial charge >= 0.3 is 6.03 Å². The highest BCUT2D eigenvalue weighted by atomic mass is 16.5. The van der Waals surface area contributed by atoms with Gasteiger partial charge in [0.1, 0.15) is 5.75 Å². The largest absolute Gasteiger partial charge is 0.494 e. The van der Waals surface area contributed by atoms with E-state index in [1.54, 1.807) is 0 Å². The van der Waals surface area contributed by atoms with Crippen LogP contribution in [-0.2, 0) is 16.8 Å². The number of carbonyl (C=O) groups is 2. The van der Waals surface area contributed by atoms with Gasteiger partial charge in [-0.3, -0.25) is 9.69 Å². The number of nitrogens with one attached hydrogen (secondary N) is 1. The molecule has 3 aromatic rings. The van der Waals surface area contributed by atoms with Gasteiger partial charge in [0.2, 0.25) is 0 Å². The summed E-state index contributed by atoms with van der Waals surface area (Å²) < 4.78 is 5.58. The van der Waals surface area contributed by atoms with Crippen molar-refractivity contribution in [2.45, 2.75) is 37.8 Å². The van der Waals surface area contributed by atoms with Gasteiger partial charge in [0.25, 0.3) is 5.91 Å². The van der Waals surface area contributed by atoms with E-state index in [-0.39, 0.29) is 24.6 Å². The SMILES string of the molecule is CCOc1ccc(C2CCCN2CN2C(=O)NC(Cc3ccccc3)(c3ccccc3)C2=O)cc1. The second-order valence-corrected chi connectivity index (χ2v) is 9.21. The Morgan fingerprint density at radius 2 is 1.63 bits per heavy atom. The average molecular weight is 470 g/mol. The maximum Gasteiger partial charge on any atom is 0.326 e. The van der Waals surface area contributed by atoms with Gasteiger partial charge in [0.15, 0.2) is 5.54 Å². The number of imide groups is 1. The highest BCUT2D eigenvalue weighted by Gasteiger charge is 2.53. The summed E-state index contributed by atoms with van der Waals surface area (Å²) in [6.45, 7) is 3.71. The van der Waals surface area contributed by atoms with Gasteiger partial charge in [0, 0.05) is 19.0 Å². The van der Waals surface area contributed by atoms with Crippen LogP contribution < -0.4 is 10.1 Å². The predicted molar refractivity (Wildman–Crippen MR) is 135 cm³/mol. The summed E-state index contributed by atoms with van der Waals surface area (Å²) in [5, 5.41) is 3.08. The molecule has 0 bridgehead atoms. The van der Waals surface area contributed by atoms with Crippen molar-refractivity contribution in [2.24, 2.45) is 0 Å². The fourth-order valence-electron chi connectivity index (χ4n) is 5.30. The van der Waals surface area contributed by atoms with Crippen LogP contribution in [0.1, 0.15) is 42.5 Å². The zero-order valence-corrected chi connectivity index (χ0v) is 20.0. The lowest BCUT2D eigenvalue weighted by atomic mass is 9.83.